The highest BCUT2D eigenvalue weighted by Gasteiger charge is 2.30. The summed E-state index contributed by atoms with van der Waals surface area (Å²) in [5.74, 6) is 0.105. The van der Waals surface area contributed by atoms with E-state index in [0.717, 1.165) is 0 Å². The molecule has 0 saturated carbocycles. The van der Waals surface area contributed by atoms with Crippen LogP contribution in [-0.4, -0.2) is 52.1 Å². The molecule has 0 unspecified atom stereocenters. The maximum atomic E-state index is 11.9. The number of aliphatic hydroxyl groups excluding tert-OH is 3. The van der Waals surface area contributed by atoms with Gasteiger partial charge in [0.1, 0.15) is 16.8 Å². The predicted molar refractivity (Wildman–Crippen MR) is 72.3 cm³/mol. The van der Waals surface area contributed by atoms with E-state index in [0.29, 0.717) is 16.8 Å². The summed E-state index contributed by atoms with van der Waals surface area (Å²) in [4.78, 5) is 11.9. The maximum absolute atomic E-state index is 11.9. The minimum Gasteiger partial charge on any atom is -0.482 e. The van der Waals surface area contributed by atoms with Crippen molar-refractivity contribution >= 4 is 21.8 Å². The second-order valence-electron chi connectivity index (χ2n) is 3.99. The van der Waals surface area contributed by atoms with Crippen molar-refractivity contribution < 1.29 is 24.9 Å². The van der Waals surface area contributed by atoms with Crippen molar-refractivity contribution in [3.63, 3.8) is 0 Å². The Morgan fingerprint density at radius 2 is 1.68 bits per heavy atom. The van der Waals surface area contributed by atoms with Crippen molar-refractivity contribution in [2.24, 2.45) is 0 Å². The largest absolute Gasteiger partial charge is 0.482 e. The number of carbonyl (C=O) groups is 1. The Morgan fingerprint density at radius 3 is 2.11 bits per heavy atom. The molecule has 1 aromatic rings. The lowest BCUT2D eigenvalue weighted by molar-refractivity contribution is 0.0375. The van der Waals surface area contributed by atoms with Crippen LogP contribution in [0, 0.1) is 0 Å². The smallest absolute Gasteiger partial charge is 0.251 e. The quantitative estimate of drug-likeness (QED) is 0.521. The molecule has 1 amide bonds. The summed E-state index contributed by atoms with van der Waals surface area (Å²) in [6.45, 7) is -1.68. The Bertz CT molecular complexity index is 397. The van der Waals surface area contributed by atoms with Crippen LogP contribution in [0.3, 0.4) is 0 Å². The van der Waals surface area contributed by atoms with Gasteiger partial charge in [-0.1, -0.05) is 0 Å². The number of nitrogens with one attached hydrogen (secondary N) is 1. The third kappa shape index (κ3) is 4.17. The minimum atomic E-state index is -1.43. The number of carbonyl (C=O) groups excluding carboxylic acids is 1. The van der Waals surface area contributed by atoms with Gasteiger partial charge in [-0.25, -0.2) is 0 Å². The summed E-state index contributed by atoms with van der Waals surface area (Å²) in [5.41, 5.74) is -0.745. The molecule has 0 aliphatic rings. The average molecular weight is 334 g/mol. The molecule has 6 nitrogen and oxygen atoms in total. The lowest BCUT2D eigenvalue weighted by atomic mass is 10.0. The zero-order valence-electron chi connectivity index (χ0n) is 10.2. The van der Waals surface area contributed by atoms with Gasteiger partial charge in [-0.3, -0.25) is 4.79 Å². The van der Waals surface area contributed by atoms with Crippen molar-refractivity contribution in [2.75, 3.05) is 25.3 Å². The summed E-state index contributed by atoms with van der Waals surface area (Å²) in [6.07, 6.45) is 0. The standard InChI is InChI=1S/C12H16BrNO5/c13-8-19-10-3-1-9(2-4-10)11(18)14-12(5-15,6-16)7-17/h1-4,15-17H,5-8H2,(H,14,18). The normalized spacial score (nSPS) is 11.2. The minimum absolute atomic E-state index is 0.335. The fourth-order valence-corrected chi connectivity index (χ4v) is 1.61. The van der Waals surface area contributed by atoms with Crippen LogP contribution in [0.25, 0.3) is 0 Å². The Labute approximate surface area is 119 Å². The zero-order valence-corrected chi connectivity index (χ0v) is 11.8. The SMILES string of the molecule is O=C(NC(CO)(CO)CO)c1ccc(OCBr)cc1. The molecule has 1 aromatic carbocycles. The topological polar surface area (TPSA) is 99.0 Å². The molecule has 0 atom stereocenters. The number of rotatable bonds is 7. The first-order valence-electron chi connectivity index (χ1n) is 5.54. The fourth-order valence-electron chi connectivity index (χ4n) is 1.35. The lowest BCUT2D eigenvalue weighted by Crippen LogP contribution is -2.57. The summed E-state index contributed by atoms with van der Waals surface area (Å²) in [6, 6.07) is 6.33. The molecule has 0 saturated heterocycles. The Balaban J connectivity index is 2.77. The van der Waals surface area contributed by atoms with Gasteiger partial charge < -0.3 is 25.4 Å². The van der Waals surface area contributed by atoms with E-state index in [1.165, 1.54) is 0 Å². The van der Waals surface area contributed by atoms with Gasteiger partial charge in [-0.15, -0.1) is 0 Å². The van der Waals surface area contributed by atoms with Crippen LogP contribution in [0.2, 0.25) is 0 Å². The van der Waals surface area contributed by atoms with Crippen molar-refractivity contribution in [1.29, 1.82) is 0 Å². The molecular weight excluding hydrogens is 318 g/mol. The van der Waals surface area contributed by atoms with E-state index in [9.17, 15) is 4.79 Å². The van der Waals surface area contributed by atoms with Gasteiger partial charge in [0, 0.05) is 5.56 Å². The number of halogens is 1. The van der Waals surface area contributed by atoms with Crippen molar-refractivity contribution in [3.05, 3.63) is 29.8 Å². The van der Waals surface area contributed by atoms with Gasteiger partial charge in [0.15, 0.2) is 0 Å². The highest BCUT2D eigenvalue weighted by atomic mass is 79.9. The summed E-state index contributed by atoms with van der Waals surface area (Å²) in [5, 5.41) is 29.8. The predicted octanol–water partition coefficient (Wildman–Crippen LogP) is -0.137. The first kappa shape index (κ1) is 15.9. The molecule has 7 heteroatoms. The molecule has 0 aromatic heterocycles. The molecule has 0 spiro atoms. The van der Waals surface area contributed by atoms with E-state index in [4.69, 9.17) is 20.1 Å². The second-order valence-corrected chi connectivity index (χ2v) is 4.44. The van der Waals surface area contributed by atoms with E-state index >= 15 is 0 Å². The summed E-state index contributed by atoms with van der Waals surface area (Å²) < 4.78 is 5.17. The lowest BCUT2D eigenvalue weighted by Gasteiger charge is -2.28. The molecule has 106 valence electrons. The molecule has 19 heavy (non-hydrogen) atoms. The van der Waals surface area contributed by atoms with Crippen LogP contribution in [0.4, 0.5) is 0 Å². The Morgan fingerprint density at radius 1 is 1.16 bits per heavy atom. The number of hydrogen-bond acceptors (Lipinski definition) is 5. The second kappa shape index (κ2) is 7.44. The van der Waals surface area contributed by atoms with Crippen molar-refractivity contribution in [2.45, 2.75) is 5.54 Å². The number of amides is 1. The number of hydrogen-bond donors (Lipinski definition) is 4. The van der Waals surface area contributed by atoms with Gasteiger partial charge in [-0.2, -0.15) is 0 Å². The monoisotopic (exact) mass is 333 g/mol. The molecular formula is C12H16BrNO5. The first-order valence-corrected chi connectivity index (χ1v) is 6.67. The van der Waals surface area contributed by atoms with Gasteiger partial charge in [0.25, 0.3) is 5.91 Å². The van der Waals surface area contributed by atoms with E-state index in [-0.39, 0.29) is 0 Å². The van der Waals surface area contributed by atoms with E-state index < -0.39 is 31.3 Å². The van der Waals surface area contributed by atoms with Crippen LogP contribution < -0.4 is 10.1 Å². The molecule has 0 aliphatic heterocycles. The summed E-state index contributed by atoms with van der Waals surface area (Å²) in [7, 11) is 0. The Kier molecular flexibility index (Phi) is 6.23. The average Bonchev–Trinajstić information content (AvgIpc) is 2.46. The molecule has 4 N–H and O–H groups in total. The van der Waals surface area contributed by atoms with Crippen LogP contribution in [0.1, 0.15) is 10.4 Å². The Hall–Kier alpha value is -1.15. The van der Waals surface area contributed by atoms with Gasteiger partial charge >= 0.3 is 0 Å². The van der Waals surface area contributed by atoms with Gasteiger partial charge in [0.2, 0.25) is 0 Å². The van der Waals surface area contributed by atoms with Gasteiger partial charge in [0.05, 0.1) is 19.8 Å². The van der Waals surface area contributed by atoms with E-state index in [2.05, 4.69) is 21.2 Å². The number of alkyl halides is 1. The first-order chi connectivity index (χ1) is 9.10. The van der Waals surface area contributed by atoms with Crippen LogP contribution >= 0.6 is 15.9 Å². The number of benzene rings is 1. The van der Waals surface area contributed by atoms with E-state index in [1.807, 2.05) is 0 Å². The molecule has 1 rings (SSSR count). The number of aliphatic hydroxyl groups is 3. The molecule has 0 bridgehead atoms. The highest BCUT2D eigenvalue weighted by molar-refractivity contribution is 9.09. The number of ether oxygens (including phenoxy) is 1. The molecule has 0 radical (unpaired) electrons. The van der Waals surface area contributed by atoms with Crippen LogP contribution in [0.15, 0.2) is 24.3 Å². The van der Waals surface area contributed by atoms with Crippen LogP contribution in [0.5, 0.6) is 5.75 Å². The third-order valence-electron chi connectivity index (χ3n) is 2.62. The molecule has 0 aliphatic carbocycles. The zero-order chi connectivity index (χ0) is 14.3. The van der Waals surface area contributed by atoms with Crippen molar-refractivity contribution in [1.82, 2.24) is 5.32 Å². The molecule has 0 fully saturated rings. The fraction of sp³-hybridized carbons (Fsp3) is 0.417. The van der Waals surface area contributed by atoms with Crippen LogP contribution in [-0.2, 0) is 0 Å². The van der Waals surface area contributed by atoms with Crippen molar-refractivity contribution in [3.8, 4) is 5.75 Å². The van der Waals surface area contributed by atoms with Gasteiger partial charge in [-0.05, 0) is 40.2 Å². The maximum Gasteiger partial charge on any atom is 0.251 e. The summed E-state index contributed by atoms with van der Waals surface area (Å²) >= 11 is 3.12. The highest BCUT2D eigenvalue weighted by Crippen LogP contribution is 2.13. The van der Waals surface area contributed by atoms with E-state index in [1.54, 1.807) is 24.3 Å². The third-order valence-corrected chi connectivity index (χ3v) is 2.85. The molecule has 0 heterocycles.